The number of hydrogen-bond donors (Lipinski definition) is 1. The van der Waals surface area contributed by atoms with Crippen LogP contribution in [0.5, 0.6) is 5.75 Å². The highest BCUT2D eigenvalue weighted by atomic mass is 16.5. The largest absolute Gasteiger partial charge is 0.496 e. The van der Waals surface area contributed by atoms with Crippen LogP contribution in [-0.2, 0) is 19.1 Å². The van der Waals surface area contributed by atoms with Crippen LogP contribution in [0.1, 0.15) is 18.5 Å². The Balaban J connectivity index is 2.14. The normalized spacial score (nSPS) is 32.0. The summed E-state index contributed by atoms with van der Waals surface area (Å²) in [6.07, 6.45) is 0. The summed E-state index contributed by atoms with van der Waals surface area (Å²) < 4.78 is 10.3. The van der Waals surface area contributed by atoms with Crippen LogP contribution in [0.25, 0.3) is 0 Å². The van der Waals surface area contributed by atoms with Gasteiger partial charge in [0.1, 0.15) is 23.6 Å². The first kappa shape index (κ1) is 16.4. The van der Waals surface area contributed by atoms with Gasteiger partial charge in [-0.25, -0.2) is 4.79 Å². The van der Waals surface area contributed by atoms with Gasteiger partial charge in [-0.1, -0.05) is 12.1 Å². The fraction of sp³-hybridized carbons (Fsp3) is 0.471. The summed E-state index contributed by atoms with van der Waals surface area (Å²) in [7, 11) is 4.30. The van der Waals surface area contributed by atoms with Gasteiger partial charge < -0.3 is 14.8 Å². The van der Waals surface area contributed by atoms with E-state index in [1.807, 2.05) is 18.2 Å². The SMILES string of the molecule is COC(=O)[C@]1(C)[NH2+][C@@H](c2ccccc2OC)[C@H]2C(=O)N(C)C(=O)[C@H]21. The molecule has 2 aliphatic rings. The Hall–Kier alpha value is -2.41. The van der Waals surface area contributed by atoms with Crippen LogP contribution < -0.4 is 10.1 Å². The number of para-hydroxylation sites is 1. The molecule has 0 saturated carbocycles. The van der Waals surface area contributed by atoms with Crippen LogP contribution in [0, 0.1) is 11.8 Å². The Kier molecular flexibility index (Phi) is 3.83. The van der Waals surface area contributed by atoms with Crippen molar-refractivity contribution < 1.29 is 29.2 Å². The molecule has 0 spiro atoms. The van der Waals surface area contributed by atoms with E-state index >= 15 is 0 Å². The molecule has 7 heteroatoms. The molecule has 2 heterocycles. The minimum atomic E-state index is -1.15. The smallest absolute Gasteiger partial charge is 0.368 e. The summed E-state index contributed by atoms with van der Waals surface area (Å²) in [5, 5.41) is 1.77. The third-order valence-electron chi connectivity index (χ3n) is 5.25. The number of esters is 1. The van der Waals surface area contributed by atoms with Crippen molar-refractivity contribution >= 4 is 17.8 Å². The van der Waals surface area contributed by atoms with Gasteiger partial charge in [-0.2, -0.15) is 0 Å². The molecular formula is C17H21N2O5+. The van der Waals surface area contributed by atoms with Crippen LogP contribution in [0.3, 0.4) is 0 Å². The van der Waals surface area contributed by atoms with Crippen molar-refractivity contribution in [2.24, 2.45) is 11.8 Å². The lowest BCUT2D eigenvalue weighted by atomic mass is 9.80. The van der Waals surface area contributed by atoms with Crippen LogP contribution in [0.15, 0.2) is 24.3 Å². The monoisotopic (exact) mass is 333 g/mol. The van der Waals surface area contributed by atoms with Crippen LogP contribution in [0.2, 0.25) is 0 Å². The van der Waals surface area contributed by atoms with Crippen molar-refractivity contribution in [1.29, 1.82) is 0 Å². The van der Waals surface area contributed by atoms with Gasteiger partial charge in [-0.3, -0.25) is 14.5 Å². The van der Waals surface area contributed by atoms with E-state index in [1.165, 1.54) is 14.2 Å². The van der Waals surface area contributed by atoms with Crippen LogP contribution in [-0.4, -0.2) is 49.5 Å². The zero-order valence-corrected chi connectivity index (χ0v) is 14.1. The maximum Gasteiger partial charge on any atom is 0.368 e. The maximum atomic E-state index is 12.7. The van der Waals surface area contributed by atoms with Gasteiger partial charge in [0.15, 0.2) is 0 Å². The lowest BCUT2D eigenvalue weighted by Gasteiger charge is -2.24. The summed E-state index contributed by atoms with van der Waals surface area (Å²) in [6.45, 7) is 1.66. The lowest BCUT2D eigenvalue weighted by Crippen LogP contribution is -2.97. The number of carbonyl (C=O) groups is 3. The Labute approximate surface area is 139 Å². The standard InChI is InChI=1S/C17H20N2O5/c1-17(16(22)24-4)12-11(14(20)19(2)15(12)21)13(18-17)9-7-5-6-8-10(9)23-3/h5-8,11-13,18H,1-4H3/p+1/t11-,12-,13-,17+/m0/s1. The molecule has 3 rings (SSSR count). The molecule has 2 aliphatic heterocycles. The van der Waals surface area contributed by atoms with Gasteiger partial charge >= 0.3 is 5.97 Å². The number of benzene rings is 1. The van der Waals surface area contributed by atoms with Gasteiger partial charge in [0.25, 0.3) is 0 Å². The van der Waals surface area contributed by atoms with Crippen molar-refractivity contribution in [2.75, 3.05) is 21.3 Å². The molecule has 2 saturated heterocycles. The van der Waals surface area contributed by atoms with Gasteiger partial charge in [0.05, 0.1) is 19.8 Å². The van der Waals surface area contributed by atoms with E-state index in [1.54, 1.807) is 25.4 Å². The van der Waals surface area contributed by atoms with E-state index < -0.39 is 29.4 Å². The Morgan fingerprint density at radius 2 is 1.88 bits per heavy atom. The van der Waals surface area contributed by atoms with E-state index in [0.717, 1.165) is 10.5 Å². The summed E-state index contributed by atoms with van der Waals surface area (Å²) in [4.78, 5) is 38.8. The second kappa shape index (κ2) is 5.59. The molecule has 1 aromatic rings. The third kappa shape index (κ3) is 2.04. The molecular weight excluding hydrogens is 312 g/mol. The quantitative estimate of drug-likeness (QED) is 0.594. The van der Waals surface area contributed by atoms with Crippen molar-refractivity contribution in [1.82, 2.24) is 4.90 Å². The van der Waals surface area contributed by atoms with Gasteiger partial charge in [0.2, 0.25) is 17.4 Å². The number of fused-ring (bicyclic) bond motifs is 1. The second-order valence-electron chi connectivity index (χ2n) is 6.45. The Morgan fingerprint density at radius 3 is 2.50 bits per heavy atom. The highest BCUT2D eigenvalue weighted by molar-refractivity contribution is 6.08. The number of quaternary nitrogens is 1. The zero-order chi connectivity index (χ0) is 17.6. The van der Waals surface area contributed by atoms with Crippen LogP contribution in [0.4, 0.5) is 0 Å². The minimum Gasteiger partial charge on any atom is -0.496 e. The van der Waals surface area contributed by atoms with E-state index in [0.29, 0.717) is 5.75 Å². The first-order valence-electron chi connectivity index (χ1n) is 7.75. The van der Waals surface area contributed by atoms with Gasteiger partial charge in [-0.15, -0.1) is 0 Å². The molecule has 0 bridgehead atoms. The fourth-order valence-corrected chi connectivity index (χ4v) is 4.05. The fourth-order valence-electron chi connectivity index (χ4n) is 4.05. The number of rotatable bonds is 3. The molecule has 2 amide bonds. The maximum absolute atomic E-state index is 12.7. The zero-order valence-electron chi connectivity index (χ0n) is 14.1. The summed E-state index contributed by atoms with van der Waals surface area (Å²) in [6, 6.07) is 6.95. The van der Waals surface area contributed by atoms with Crippen molar-refractivity contribution in [3.8, 4) is 5.75 Å². The number of hydrogen-bond acceptors (Lipinski definition) is 5. The van der Waals surface area contributed by atoms with Crippen molar-refractivity contribution in [2.45, 2.75) is 18.5 Å². The predicted molar refractivity (Wildman–Crippen MR) is 82.8 cm³/mol. The number of amides is 2. The molecule has 1 aromatic carbocycles. The van der Waals surface area contributed by atoms with Gasteiger partial charge in [0, 0.05) is 14.0 Å². The first-order valence-corrected chi connectivity index (χ1v) is 7.75. The first-order chi connectivity index (χ1) is 11.4. The van der Waals surface area contributed by atoms with Crippen molar-refractivity contribution in [3.05, 3.63) is 29.8 Å². The topological polar surface area (TPSA) is 89.5 Å². The Morgan fingerprint density at radius 1 is 1.21 bits per heavy atom. The van der Waals surface area contributed by atoms with Gasteiger partial charge in [-0.05, 0) is 12.1 Å². The van der Waals surface area contributed by atoms with Crippen molar-refractivity contribution in [3.63, 3.8) is 0 Å². The summed E-state index contributed by atoms with van der Waals surface area (Å²) >= 11 is 0. The van der Waals surface area contributed by atoms with E-state index in [9.17, 15) is 14.4 Å². The number of nitrogens with zero attached hydrogens (tertiary/aromatic N) is 1. The molecule has 24 heavy (non-hydrogen) atoms. The molecule has 7 nitrogen and oxygen atoms in total. The number of methoxy groups -OCH3 is 2. The van der Waals surface area contributed by atoms with E-state index in [2.05, 4.69) is 0 Å². The highest BCUT2D eigenvalue weighted by Crippen LogP contribution is 2.45. The second-order valence-corrected chi connectivity index (χ2v) is 6.45. The molecule has 0 unspecified atom stereocenters. The number of nitrogens with two attached hydrogens (primary N) is 1. The third-order valence-corrected chi connectivity index (χ3v) is 5.25. The highest BCUT2D eigenvalue weighted by Gasteiger charge is 2.70. The predicted octanol–water partition coefficient (Wildman–Crippen LogP) is -0.524. The summed E-state index contributed by atoms with van der Waals surface area (Å²) in [5.74, 6) is -1.87. The molecule has 0 radical (unpaired) electrons. The molecule has 0 aliphatic carbocycles. The van der Waals surface area contributed by atoms with Crippen LogP contribution >= 0.6 is 0 Å². The molecule has 2 N–H and O–H groups in total. The number of imide groups is 1. The number of carbonyl (C=O) groups excluding carboxylic acids is 3. The number of likely N-dealkylation sites (tertiary alicyclic amines) is 1. The average Bonchev–Trinajstić information content (AvgIpc) is 3.04. The number of ether oxygens (including phenoxy) is 2. The molecule has 2 fully saturated rings. The summed E-state index contributed by atoms with van der Waals surface area (Å²) in [5.41, 5.74) is -0.360. The Bertz CT molecular complexity index is 719. The minimum absolute atomic E-state index is 0.273. The molecule has 4 atom stereocenters. The lowest BCUT2D eigenvalue weighted by molar-refractivity contribution is -0.731. The van der Waals surface area contributed by atoms with E-state index in [-0.39, 0.29) is 11.8 Å². The molecule has 128 valence electrons. The van der Waals surface area contributed by atoms with E-state index in [4.69, 9.17) is 9.47 Å². The average molecular weight is 333 g/mol. The molecule has 0 aromatic heterocycles.